The third-order valence-electron chi connectivity index (χ3n) is 4.08. The van der Waals surface area contributed by atoms with Crippen molar-refractivity contribution in [3.63, 3.8) is 0 Å². The molecule has 0 saturated carbocycles. The highest BCUT2D eigenvalue weighted by Gasteiger charge is 2.41. The maximum atomic E-state index is 12.6. The van der Waals surface area contributed by atoms with Crippen LogP contribution in [0.25, 0.3) is 0 Å². The molecule has 0 radical (unpaired) electrons. The Hall–Kier alpha value is -2.46. The molecule has 10 heteroatoms. The number of benzene rings is 1. The minimum atomic E-state index is -4.08. The number of hydrogen-bond donors (Lipinski definition) is 2. The standard InChI is InChI=1S/C17H22N2O7S/c1-10(2)8-13(17(22)23)18-15(20)11-4-5-12-14(9-11)27(24,25)19(16(12)21)6-7-26-3/h4-5,9-10,13H,6-8H2,1-3H3,(H,18,20)(H,22,23). The molecule has 0 fully saturated rings. The van der Waals surface area contributed by atoms with Gasteiger partial charge in [-0.3, -0.25) is 9.59 Å². The van der Waals surface area contributed by atoms with E-state index in [2.05, 4.69) is 5.32 Å². The summed E-state index contributed by atoms with van der Waals surface area (Å²) < 4.78 is 30.7. The number of hydrogen-bond acceptors (Lipinski definition) is 6. The van der Waals surface area contributed by atoms with Crippen molar-refractivity contribution in [3.8, 4) is 0 Å². The SMILES string of the molecule is COCCN1C(=O)c2ccc(C(=O)NC(CC(C)C)C(=O)O)cc2S1(=O)=O. The number of amides is 2. The minimum absolute atomic E-state index is 0.0281. The van der Waals surface area contributed by atoms with Crippen LogP contribution in [0.4, 0.5) is 0 Å². The number of ether oxygens (including phenoxy) is 1. The first kappa shape index (κ1) is 20.8. The predicted molar refractivity (Wildman–Crippen MR) is 94.9 cm³/mol. The Morgan fingerprint density at radius 1 is 1.30 bits per heavy atom. The van der Waals surface area contributed by atoms with Gasteiger partial charge in [0.25, 0.3) is 21.8 Å². The number of aliphatic carboxylic acids is 1. The zero-order valence-corrected chi connectivity index (χ0v) is 16.1. The molecular weight excluding hydrogens is 376 g/mol. The third kappa shape index (κ3) is 4.28. The summed E-state index contributed by atoms with van der Waals surface area (Å²) in [6.45, 7) is 3.56. The first-order chi connectivity index (χ1) is 12.6. The zero-order chi connectivity index (χ0) is 20.4. The lowest BCUT2D eigenvalue weighted by atomic mass is 10.0. The average molecular weight is 398 g/mol. The van der Waals surface area contributed by atoms with E-state index in [1.165, 1.54) is 19.2 Å². The molecule has 0 bridgehead atoms. The Balaban J connectivity index is 2.30. The first-order valence-electron chi connectivity index (χ1n) is 8.33. The molecule has 0 spiro atoms. The third-order valence-corrected chi connectivity index (χ3v) is 5.90. The Morgan fingerprint density at radius 2 is 1.96 bits per heavy atom. The van der Waals surface area contributed by atoms with Gasteiger partial charge in [0, 0.05) is 12.7 Å². The van der Waals surface area contributed by atoms with Crippen LogP contribution in [-0.2, 0) is 19.6 Å². The number of fused-ring (bicyclic) bond motifs is 1. The highest BCUT2D eigenvalue weighted by molar-refractivity contribution is 7.90. The van der Waals surface area contributed by atoms with E-state index in [-0.39, 0.29) is 41.5 Å². The van der Waals surface area contributed by atoms with Crippen LogP contribution in [0.1, 0.15) is 41.0 Å². The molecule has 1 aromatic carbocycles. The molecule has 1 unspecified atom stereocenters. The summed E-state index contributed by atoms with van der Waals surface area (Å²) in [5.74, 6) is -2.54. The number of nitrogens with zero attached hydrogens (tertiary/aromatic N) is 1. The highest BCUT2D eigenvalue weighted by atomic mass is 32.2. The number of methoxy groups -OCH3 is 1. The van der Waals surface area contributed by atoms with E-state index in [9.17, 15) is 27.9 Å². The van der Waals surface area contributed by atoms with Crippen LogP contribution in [0.15, 0.2) is 23.1 Å². The van der Waals surface area contributed by atoms with E-state index in [0.29, 0.717) is 4.31 Å². The highest BCUT2D eigenvalue weighted by Crippen LogP contribution is 2.30. The molecule has 2 rings (SSSR count). The van der Waals surface area contributed by atoms with Crippen molar-refractivity contribution in [1.29, 1.82) is 0 Å². The molecule has 1 aliphatic rings. The van der Waals surface area contributed by atoms with Gasteiger partial charge in [0.1, 0.15) is 10.9 Å². The maximum absolute atomic E-state index is 12.6. The van der Waals surface area contributed by atoms with Crippen LogP contribution in [-0.4, -0.2) is 61.9 Å². The normalized spacial score (nSPS) is 16.3. The average Bonchev–Trinajstić information content (AvgIpc) is 2.78. The fourth-order valence-electron chi connectivity index (χ4n) is 2.75. The van der Waals surface area contributed by atoms with E-state index < -0.39 is 33.8 Å². The number of carboxylic acid groups (broad SMARTS) is 1. The van der Waals surface area contributed by atoms with Gasteiger partial charge in [0.2, 0.25) is 0 Å². The maximum Gasteiger partial charge on any atom is 0.326 e. The van der Waals surface area contributed by atoms with Gasteiger partial charge in [-0.05, 0) is 30.5 Å². The van der Waals surface area contributed by atoms with Crippen LogP contribution in [0, 0.1) is 5.92 Å². The Labute approximate surface area is 157 Å². The molecule has 9 nitrogen and oxygen atoms in total. The molecule has 1 aromatic rings. The van der Waals surface area contributed by atoms with Crippen LogP contribution in [0.3, 0.4) is 0 Å². The van der Waals surface area contributed by atoms with Crippen molar-refractivity contribution in [3.05, 3.63) is 29.3 Å². The van der Waals surface area contributed by atoms with E-state index in [0.717, 1.165) is 6.07 Å². The molecule has 0 aromatic heterocycles. The fraction of sp³-hybridized carbons (Fsp3) is 0.471. The van der Waals surface area contributed by atoms with Gasteiger partial charge in [0.15, 0.2) is 0 Å². The quantitative estimate of drug-likeness (QED) is 0.659. The smallest absolute Gasteiger partial charge is 0.326 e. The van der Waals surface area contributed by atoms with Crippen molar-refractivity contribution in [2.45, 2.75) is 31.2 Å². The largest absolute Gasteiger partial charge is 0.480 e. The molecule has 148 valence electrons. The summed E-state index contributed by atoms with van der Waals surface area (Å²) in [4.78, 5) is 35.7. The fourth-order valence-corrected chi connectivity index (χ4v) is 4.32. The van der Waals surface area contributed by atoms with Gasteiger partial charge in [-0.25, -0.2) is 17.5 Å². The van der Waals surface area contributed by atoms with Crippen LogP contribution >= 0.6 is 0 Å². The minimum Gasteiger partial charge on any atom is -0.480 e. The van der Waals surface area contributed by atoms with Crippen LogP contribution in [0.2, 0.25) is 0 Å². The molecule has 0 saturated heterocycles. The van der Waals surface area contributed by atoms with Crippen molar-refractivity contribution < 1.29 is 32.6 Å². The number of rotatable bonds is 8. The topological polar surface area (TPSA) is 130 Å². The van der Waals surface area contributed by atoms with Crippen LogP contribution in [0.5, 0.6) is 0 Å². The second-order valence-corrected chi connectivity index (χ2v) is 8.41. The predicted octanol–water partition coefficient (Wildman–Crippen LogP) is 0.707. The van der Waals surface area contributed by atoms with Gasteiger partial charge in [-0.1, -0.05) is 13.8 Å². The summed E-state index contributed by atoms with van der Waals surface area (Å²) >= 11 is 0. The molecule has 2 amide bonds. The lowest BCUT2D eigenvalue weighted by Crippen LogP contribution is -2.41. The lowest BCUT2D eigenvalue weighted by molar-refractivity contribution is -0.139. The summed E-state index contributed by atoms with van der Waals surface area (Å²) in [6, 6.07) is 2.56. The second kappa shape index (κ2) is 8.05. The molecule has 1 heterocycles. The van der Waals surface area contributed by atoms with Gasteiger partial charge in [0.05, 0.1) is 18.7 Å². The Kier molecular flexibility index (Phi) is 6.22. The molecule has 1 aliphatic heterocycles. The summed E-state index contributed by atoms with van der Waals surface area (Å²) in [6.07, 6.45) is 0.230. The Bertz CT molecular complexity index is 864. The van der Waals surface area contributed by atoms with Crippen LogP contribution < -0.4 is 5.32 Å². The monoisotopic (exact) mass is 398 g/mol. The molecular formula is C17H22N2O7S. The van der Waals surface area contributed by atoms with Gasteiger partial charge >= 0.3 is 5.97 Å². The van der Waals surface area contributed by atoms with Gasteiger partial charge in [-0.2, -0.15) is 0 Å². The zero-order valence-electron chi connectivity index (χ0n) is 15.3. The molecule has 2 N–H and O–H groups in total. The molecule has 27 heavy (non-hydrogen) atoms. The van der Waals surface area contributed by atoms with E-state index >= 15 is 0 Å². The molecule has 0 aliphatic carbocycles. The van der Waals surface area contributed by atoms with E-state index in [1.807, 2.05) is 13.8 Å². The summed E-state index contributed by atoms with van der Waals surface area (Å²) in [5, 5.41) is 11.6. The lowest BCUT2D eigenvalue weighted by Gasteiger charge is -2.16. The Morgan fingerprint density at radius 3 is 2.52 bits per heavy atom. The number of carboxylic acids is 1. The number of nitrogens with one attached hydrogen (secondary N) is 1. The number of carbonyl (C=O) groups excluding carboxylic acids is 2. The second-order valence-electron chi connectivity index (χ2n) is 6.58. The first-order valence-corrected chi connectivity index (χ1v) is 9.77. The summed E-state index contributed by atoms with van der Waals surface area (Å²) in [5.41, 5.74) is -0.0617. The number of sulfonamides is 1. The van der Waals surface area contributed by atoms with E-state index in [1.54, 1.807) is 0 Å². The van der Waals surface area contributed by atoms with Gasteiger partial charge in [-0.15, -0.1) is 0 Å². The van der Waals surface area contributed by atoms with Crippen molar-refractivity contribution >= 4 is 27.8 Å². The van der Waals surface area contributed by atoms with Gasteiger partial charge < -0.3 is 15.2 Å². The van der Waals surface area contributed by atoms with Crippen molar-refractivity contribution in [1.82, 2.24) is 9.62 Å². The van der Waals surface area contributed by atoms with E-state index in [4.69, 9.17) is 4.74 Å². The van der Waals surface area contributed by atoms with Crippen molar-refractivity contribution in [2.75, 3.05) is 20.3 Å². The summed E-state index contributed by atoms with van der Waals surface area (Å²) in [7, 11) is -2.69. The number of carbonyl (C=O) groups is 3. The molecule has 1 atom stereocenters. The van der Waals surface area contributed by atoms with Crippen molar-refractivity contribution in [2.24, 2.45) is 5.92 Å².